The summed E-state index contributed by atoms with van der Waals surface area (Å²) in [6.07, 6.45) is 2.29. The van der Waals surface area contributed by atoms with Gasteiger partial charge >= 0.3 is 17.9 Å². The lowest BCUT2D eigenvalue weighted by molar-refractivity contribution is -0.170. The van der Waals surface area contributed by atoms with Crippen molar-refractivity contribution in [1.29, 1.82) is 5.26 Å². The summed E-state index contributed by atoms with van der Waals surface area (Å²) in [5.74, 6) is -4.51. The Kier molecular flexibility index (Phi) is 16.8. The molecule has 0 bridgehead atoms. The zero-order chi connectivity index (χ0) is 43.4. The topological polar surface area (TPSA) is 206 Å². The predicted octanol–water partition coefficient (Wildman–Crippen LogP) is 7.03. The van der Waals surface area contributed by atoms with E-state index in [0.29, 0.717) is 46.0 Å². The summed E-state index contributed by atoms with van der Waals surface area (Å²) in [5, 5.41) is 46.3. The first-order valence-electron chi connectivity index (χ1n) is 18.8. The van der Waals surface area contributed by atoms with Crippen molar-refractivity contribution in [2.45, 2.75) is 61.4 Å². The number of aliphatic hydroxyl groups is 1. The number of aliphatic carboxylic acids is 3. The van der Waals surface area contributed by atoms with E-state index in [1.165, 1.54) is 5.56 Å². The van der Waals surface area contributed by atoms with Gasteiger partial charge in [-0.05, 0) is 97.9 Å². The molecule has 314 valence electrons. The van der Waals surface area contributed by atoms with E-state index in [1.54, 1.807) is 24.3 Å². The molecule has 1 heterocycles. The number of hydrogen-bond acceptors (Lipinski definition) is 9. The Hall–Kier alpha value is -5.04. The molecule has 4 aromatic rings. The Morgan fingerprint density at radius 2 is 1.59 bits per heavy atom. The Bertz CT molecular complexity index is 2220. The summed E-state index contributed by atoms with van der Waals surface area (Å²) >= 11 is 12.8. The van der Waals surface area contributed by atoms with Crippen LogP contribution in [0.25, 0.3) is 10.8 Å². The zero-order valence-corrected chi connectivity index (χ0v) is 35.2. The van der Waals surface area contributed by atoms with E-state index in [9.17, 15) is 28.6 Å². The number of amides is 1. The van der Waals surface area contributed by atoms with Gasteiger partial charge in [0.2, 0.25) is 0 Å². The molecule has 13 nitrogen and oxygen atoms in total. The number of rotatable bonds is 16. The van der Waals surface area contributed by atoms with Gasteiger partial charge in [0.25, 0.3) is 5.91 Å². The molecule has 4 aromatic carbocycles. The Labute approximate surface area is 355 Å². The van der Waals surface area contributed by atoms with E-state index < -0.39 is 47.2 Å². The highest BCUT2D eigenvalue weighted by Gasteiger charge is 2.41. The van der Waals surface area contributed by atoms with Crippen LogP contribution in [0.5, 0.6) is 5.75 Å². The molecule has 2 atom stereocenters. The van der Waals surface area contributed by atoms with E-state index >= 15 is 0 Å². The molecule has 1 saturated heterocycles. The third-order valence-corrected chi connectivity index (χ3v) is 11.9. The highest BCUT2D eigenvalue weighted by molar-refractivity contribution is 7.84. The lowest BCUT2D eigenvalue weighted by Crippen LogP contribution is -2.42. The van der Waals surface area contributed by atoms with Crippen molar-refractivity contribution in [2.24, 2.45) is 0 Å². The number of carbonyl (C=O) groups excluding carboxylic acids is 1. The fraction of sp³-hybridized carbons (Fsp3) is 0.372. The van der Waals surface area contributed by atoms with Gasteiger partial charge in [0.05, 0.1) is 51.4 Å². The van der Waals surface area contributed by atoms with Crippen LogP contribution >= 0.6 is 23.2 Å². The molecular formula is C43H47Cl2N3O10S. The van der Waals surface area contributed by atoms with Crippen LogP contribution in [0.15, 0.2) is 77.7 Å². The van der Waals surface area contributed by atoms with Gasteiger partial charge < -0.3 is 35.0 Å². The number of hydrogen-bond donors (Lipinski definition) is 4. The standard InChI is InChI=1S/C37H39Cl2N3O3S.C6H8O7/c1-4-45-36-29(23-40)21-27-9-5-6-11-31(27)35(36)37(43)41(2)24-28(26-13-14-32(38)33(39)22-26)17-20-42-18-15-25(16-19-42)30-10-7-8-12-34(30)46(3)44;7-3(8)1-6(13,5(11)12)2-4(9)10/h5-14,21-22,25,28H,4,15-20,24H2,1-3H3;13H,1-2H2,(H,7,8)(H,9,10)(H,11,12)/t28?,46-;/m0./s1. The van der Waals surface area contributed by atoms with E-state index in [0.717, 1.165) is 60.1 Å². The number of piperidine rings is 1. The van der Waals surface area contributed by atoms with E-state index in [1.807, 2.05) is 67.6 Å². The molecule has 5 rings (SSSR count). The second kappa shape index (κ2) is 21.3. The number of benzene rings is 4. The van der Waals surface area contributed by atoms with Crippen LogP contribution in [-0.4, -0.2) is 110 Å². The molecular weight excluding hydrogens is 821 g/mol. The molecule has 0 aromatic heterocycles. The van der Waals surface area contributed by atoms with Crippen LogP contribution in [0.2, 0.25) is 10.0 Å². The third-order valence-electron chi connectivity index (χ3n) is 10.2. The van der Waals surface area contributed by atoms with Gasteiger partial charge in [0.15, 0.2) is 5.60 Å². The van der Waals surface area contributed by atoms with Gasteiger partial charge in [0, 0.05) is 30.7 Å². The Balaban J connectivity index is 0.000000509. The highest BCUT2D eigenvalue weighted by Crippen LogP contribution is 2.36. The minimum absolute atomic E-state index is 0.00867. The summed E-state index contributed by atoms with van der Waals surface area (Å²) in [5.41, 5.74) is 0.231. The molecule has 0 spiro atoms. The maximum atomic E-state index is 14.2. The number of ether oxygens (including phenoxy) is 1. The number of nitrogens with zero attached hydrogens (tertiary/aromatic N) is 3. The summed E-state index contributed by atoms with van der Waals surface area (Å²) in [7, 11) is 0.791. The normalized spacial score (nSPS) is 14.3. The number of carboxylic acids is 3. The zero-order valence-electron chi connectivity index (χ0n) is 32.9. The van der Waals surface area contributed by atoms with Crippen LogP contribution < -0.4 is 4.74 Å². The summed E-state index contributed by atoms with van der Waals surface area (Å²) in [6.45, 7) is 5.38. The van der Waals surface area contributed by atoms with Crippen LogP contribution in [0.4, 0.5) is 0 Å². The molecule has 1 aliphatic heterocycles. The van der Waals surface area contributed by atoms with Gasteiger partial charge in [0.1, 0.15) is 11.8 Å². The van der Waals surface area contributed by atoms with Gasteiger partial charge in [-0.1, -0.05) is 71.7 Å². The lowest BCUT2D eigenvalue weighted by atomic mass is 9.88. The quantitative estimate of drug-likeness (QED) is 0.0896. The summed E-state index contributed by atoms with van der Waals surface area (Å²) < 4.78 is 18.3. The van der Waals surface area contributed by atoms with Crippen LogP contribution in [0.3, 0.4) is 0 Å². The van der Waals surface area contributed by atoms with Crippen molar-refractivity contribution >= 4 is 68.6 Å². The van der Waals surface area contributed by atoms with Gasteiger partial charge in [-0.2, -0.15) is 5.26 Å². The molecule has 0 saturated carbocycles. The van der Waals surface area contributed by atoms with Crippen molar-refractivity contribution in [3.63, 3.8) is 0 Å². The fourth-order valence-electron chi connectivity index (χ4n) is 7.25. The first kappa shape index (κ1) is 46.6. The number of halogens is 2. The smallest absolute Gasteiger partial charge is 0.336 e. The van der Waals surface area contributed by atoms with E-state index in [2.05, 4.69) is 17.0 Å². The van der Waals surface area contributed by atoms with Gasteiger partial charge in [-0.25, -0.2) is 4.79 Å². The molecule has 4 N–H and O–H groups in total. The number of fused-ring (bicyclic) bond motifs is 1. The van der Waals surface area contributed by atoms with Crippen molar-refractivity contribution < 1.29 is 48.6 Å². The van der Waals surface area contributed by atoms with E-state index in [-0.39, 0.29) is 11.8 Å². The third kappa shape index (κ3) is 12.2. The number of likely N-dealkylation sites (tertiary alicyclic amines) is 1. The first-order valence-corrected chi connectivity index (χ1v) is 21.1. The minimum atomic E-state index is -2.74. The molecule has 0 radical (unpaired) electrons. The number of nitriles is 1. The first-order chi connectivity index (χ1) is 28.0. The van der Waals surface area contributed by atoms with Gasteiger partial charge in [-0.3, -0.25) is 18.6 Å². The molecule has 1 aliphatic rings. The SMILES string of the molecule is CCOc1c(C#N)cc2ccccc2c1C(=O)N(C)CC(CCN1CCC(c2ccccc2[S@](C)=O)CC1)c1ccc(Cl)c(Cl)c1.O=C(O)CC(O)(CC(=O)O)C(=O)O. The molecule has 0 aliphatic carbocycles. The number of likely N-dealkylation sites (N-methyl/N-ethyl adjacent to an activating group) is 1. The van der Waals surface area contributed by atoms with Crippen molar-refractivity contribution in [3.05, 3.63) is 105 Å². The van der Waals surface area contributed by atoms with Crippen molar-refractivity contribution in [2.75, 3.05) is 46.1 Å². The maximum absolute atomic E-state index is 14.2. The van der Waals surface area contributed by atoms with Crippen molar-refractivity contribution in [3.8, 4) is 11.8 Å². The Morgan fingerprint density at radius 1 is 0.966 bits per heavy atom. The van der Waals surface area contributed by atoms with Crippen LogP contribution in [0, 0.1) is 11.3 Å². The number of carboxylic acid groups (broad SMARTS) is 3. The second-order valence-electron chi connectivity index (χ2n) is 14.3. The molecule has 59 heavy (non-hydrogen) atoms. The molecule has 1 amide bonds. The van der Waals surface area contributed by atoms with Crippen LogP contribution in [0.1, 0.15) is 77.9 Å². The maximum Gasteiger partial charge on any atom is 0.336 e. The largest absolute Gasteiger partial charge is 0.492 e. The van der Waals surface area contributed by atoms with E-state index in [4.69, 9.17) is 48.4 Å². The summed E-state index contributed by atoms with van der Waals surface area (Å²) in [6, 6.07) is 25.4. The highest BCUT2D eigenvalue weighted by atomic mass is 35.5. The molecule has 16 heteroatoms. The average molecular weight is 869 g/mol. The monoisotopic (exact) mass is 867 g/mol. The van der Waals surface area contributed by atoms with Crippen molar-refractivity contribution in [1.82, 2.24) is 9.80 Å². The number of carbonyl (C=O) groups is 4. The summed E-state index contributed by atoms with van der Waals surface area (Å²) in [4.78, 5) is 49.8. The lowest BCUT2D eigenvalue weighted by Gasteiger charge is -2.34. The van der Waals surface area contributed by atoms with Gasteiger partial charge in [-0.15, -0.1) is 0 Å². The fourth-order valence-corrected chi connectivity index (χ4v) is 8.40. The second-order valence-corrected chi connectivity index (χ2v) is 16.5. The molecule has 1 fully saturated rings. The Morgan fingerprint density at radius 3 is 2.17 bits per heavy atom. The predicted molar refractivity (Wildman–Crippen MR) is 225 cm³/mol. The minimum Gasteiger partial charge on any atom is -0.492 e. The van der Waals surface area contributed by atoms with Crippen LogP contribution in [-0.2, 0) is 25.2 Å². The molecule has 1 unspecified atom stereocenters. The average Bonchev–Trinajstić information content (AvgIpc) is 3.19.